The number of aromatic nitrogens is 2. The van der Waals surface area contributed by atoms with Crippen LogP contribution in [0.1, 0.15) is 11.5 Å². The van der Waals surface area contributed by atoms with E-state index >= 15 is 0 Å². The Morgan fingerprint density at radius 2 is 1.80 bits per heavy atom. The third-order valence-electron chi connectivity index (χ3n) is 3.56. The summed E-state index contributed by atoms with van der Waals surface area (Å²) in [6.07, 6.45) is 0. The zero-order chi connectivity index (χ0) is 17.6. The molecule has 1 aromatic heterocycles. The van der Waals surface area contributed by atoms with Gasteiger partial charge >= 0.3 is 0 Å². The molecule has 2 aromatic carbocycles. The van der Waals surface area contributed by atoms with Gasteiger partial charge in [-0.25, -0.2) is 0 Å². The van der Waals surface area contributed by atoms with E-state index in [1.54, 1.807) is 38.5 Å². The fourth-order valence-corrected chi connectivity index (χ4v) is 2.25. The number of ether oxygens (including phenoxy) is 2. The lowest BCUT2D eigenvalue weighted by atomic mass is 10.2. The van der Waals surface area contributed by atoms with Crippen LogP contribution in [0.15, 0.2) is 46.9 Å². The lowest BCUT2D eigenvalue weighted by Crippen LogP contribution is -1.99. The first-order chi connectivity index (χ1) is 12.2. The first-order valence-electron chi connectivity index (χ1n) is 7.52. The molecule has 3 aromatic rings. The van der Waals surface area contributed by atoms with Crippen LogP contribution in [0.2, 0.25) is 0 Å². The molecular weight excluding hydrogens is 320 g/mol. The average Bonchev–Trinajstić information content (AvgIpc) is 3.15. The van der Waals surface area contributed by atoms with Gasteiger partial charge in [0.1, 0.15) is 0 Å². The van der Waals surface area contributed by atoms with Gasteiger partial charge in [0.15, 0.2) is 11.5 Å². The molecule has 0 fully saturated rings. The van der Waals surface area contributed by atoms with Crippen molar-refractivity contribution in [2.24, 2.45) is 0 Å². The monoisotopic (exact) mass is 336 g/mol. The van der Waals surface area contributed by atoms with Gasteiger partial charge in [-0.15, -0.1) is 10.2 Å². The van der Waals surface area contributed by atoms with Crippen LogP contribution in [0, 0.1) is 11.3 Å². The second-order valence-electron chi connectivity index (χ2n) is 5.11. The van der Waals surface area contributed by atoms with Crippen LogP contribution in [0.5, 0.6) is 11.5 Å². The molecule has 0 aliphatic rings. The molecule has 0 radical (unpaired) electrons. The molecule has 0 saturated carbocycles. The number of rotatable bonds is 6. The van der Waals surface area contributed by atoms with Crippen molar-refractivity contribution in [2.75, 3.05) is 19.5 Å². The minimum atomic E-state index is 0.381. The molecule has 0 spiro atoms. The van der Waals surface area contributed by atoms with Gasteiger partial charge < -0.3 is 19.2 Å². The van der Waals surface area contributed by atoms with Crippen molar-refractivity contribution >= 4 is 5.69 Å². The minimum Gasteiger partial charge on any atom is -0.493 e. The van der Waals surface area contributed by atoms with E-state index in [1.807, 2.05) is 18.2 Å². The Hall–Kier alpha value is -3.53. The number of hydrogen-bond acceptors (Lipinski definition) is 7. The van der Waals surface area contributed by atoms with Gasteiger partial charge in [-0.2, -0.15) is 5.26 Å². The van der Waals surface area contributed by atoms with Crippen molar-refractivity contribution in [3.8, 4) is 29.0 Å². The van der Waals surface area contributed by atoms with Gasteiger partial charge in [0.25, 0.3) is 0 Å². The molecule has 1 heterocycles. The second-order valence-corrected chi connectivity index (χ2v) is 5.11. The molecule has 0 atom stereocenters. The zero-order valence-corrected chi connectivity index (χ0v) is 13.8. The molecule has 7 nitrogen and oxygen atoms in total. The number of benzene rings is 2. The van der Waals surface area contributed by atoms with Gasteiger partial charge in [0.2, 0.25) is 11.8 Å². The van der Waals surface area contributed by atoms with E-state index in [2.05, 4.69) is 21.6 Å². The summed E-state index contributed by atoms with van der Waals surface area (Å²) in [6.45, 7) is 0.381. The summed E-state index contributed by atoms with van der Waals surface area (Å²) in [4.78, 5) is 0. The topological polar surface area (TPSA) is 93.2 Å². The third-order valence-corrected chi connectivity index (χ3v) is 3.56. The fourth-order valence-electron chi connectivity index (χ4n) is 2.25. The Bertz CT molecular complexity index is 897. The first kappa shape index (κ1) is 16.3. The number of nitrogens with zero attached hydrogens (tertiary/aromatic N) is 3. The quantitative estimate of drug-likeness (QED) is 0.738. The van der Waals surface area contributed by atoms with Gasteiger partial charge in [0, 0.05) is 11.3 Å². The molecule has 0 aliphatic carbocycles. The Kier molecular flexibility index (Phi) is 4.81. The lowest BCUT2D eigenvalue weighted by Gasteiger charge is -2.07. The Balaban J connectivity index is 1.70. The molecular formula is C18H16N4O3. The zero-order valence-electron chi connectivity index (χ0n) is 13.8. The van der Waals surface area contributed by atoms with Crippen LogP contribution < -0.4 is 14.8 Å². The molecule has 7 heteroatoms. The van der Waals surface area contributed by atoms with Gasteiger partial charge in [-0.3, -0.25) is 0 Å². The smallest absolute Gasteiger partial charge is 0.247 e. The summed E-state index contributed by atoms with van der Waals surface area (Å²) in [5.41, 5.74) is 2.22. The molecule has 0 unspecified atom stereocenters. The number of hydrogen-bond donors (Lipinski definition) is 1. The van der Waals surface area contributed by atoms with E-state index in [-0.39, 0.29) is 0 Å². The van der Waals surface area contributed by atoms with Crippen molar-refractivity contribution in [2.45, 2.75) is 6.54 Å². The molecule has 1 N–H and O–H groups in total. The molecule has 0 saturated heterocycles. The Labute approximate surface area is 144 Å². The highest BCUT2D eigenvalue weighted by Gasteiger charge is 2.12. The van der Waals surface area contributed by atoms with Gasteiger partial charge in [0.05, 0.1) is 32.4 Å². The van der Waals surface area contributed by atoms with E-state index in [4.69, 9.17) is 19.2 Å². The van der Waals surface area contributed by atoms with E-state index in [0.717, 1.165) is 11.3 Å². The average molecular weight is 336 g/mol. The van der Waals surface area contributed by atoms with Crippen LogP contribution in [-0.2, 0) is 6.54 Å². The summed E-state index contributed by atoms with van der Waals surface area (Å²) < 4.78 is 16.2. The number of nitriles is 1. The van der Waals surface area contributed by atoms with E-state index in [1.165, 1.54) is 0 Å². The number of anilines is 1. The number of nitrogens with one attached hydrogen (secondary N) is 1. The van der Waals surface area contributed by atoms with Crippen molar-refractivity contribution in [3.63, 3.8) is 0 Å². The highest BCUT2D eigenvalue weighted by atomic mass is 16.5. The summed E-state index contributed by atoms with van der Waals surface area (Å²) in [5, 5.41) is 20.1. The Morgan fingerprint density at radius 1 is 1.04 bits per heavy atom. The molecule has 0 aliphatic heterocycles. The van der Waals surface area contributed by atoms with Crippen molar-refractivity contribution in [1.29, 1.82) is 5.26 Å². The van der Waals surface area contributed by atoms with E-state index in [9.17, 15) is 0 Å². The summed E-state index contributed by atoms with van der Waals surface area (Å²) in [5.74, 6) is 2.08. The molecule has 25 heavy (non-hydrogen) atoms. The maximum absolute atomic E-state index is 8.80. The predicted molar refractivity (Wildman–Crippen MR) is 91.3 cm³/mol. The largest absolute Gasteiger partial charge is 0.493 e. The Morgan fingerprint density at radius 3 is 2.48 bits per heavy atom. The van der Waals surface area contributed by atoms with Gasteiger partial charge in [-0.1, -0.05) is 0 Å². The summed E-state index contributed by atoms with van der Waals surface area (Å²) >= 11 is 0. The fraction of sp³-hybridized carbons (Fsp3) is 0.167. The van der Waals surface area contributed by atoms with Crippen LogP contribution in [0.25, 0.3) is 11.5 Å². The van der Waals surface area contributed by atoms with Crippen LogP contribution >= 0.6 is 0 Å². The summed E-state index contributed by atoms with van der Waals surface area (Å²) in [7, 11) is 3.15. The van der Waals surface area contributed by atoms with E-state index in [0.29, 0.717) is 35.4 Å². The van der Waals surface area contributed by atoms with Crippen LogP contribution in [0.3, 0.4) is 0 Å². The normalized spacial score (nSPS) is 10.1. The molecule has 3 rings (SSSR count). The number of methoxy groups -OCH3 is 2. The second kappa shape index (κ2) is 7.36. The third kappa shape index (κ3) is 3.70. The highest BCUT2D eigenvalue weighted by molar-refractivity contribution is 5.59. The maximum Gasteiger partial charge on any atom is 0.247 e. The van der Waals surface area contributed by atoms with E-state index < -0.39 is 0 Å². The van der Waals surface area contributed by atoms with Gasteiger partial charge in [-0.05, 0) is 42.5 Å². The SMILES string of the molecule is COc1ccc(-c2nnc(CNc3ccc(C#N)cc3)o2)cc1OC. The van der Waals surface area contributed by atoms with Crippen molar-refractivity contribution < 1.29 is 13.9 Å². The highest BCUT2D eigenvalue weighted by Crippen LogP contribution is 2.31. The van der Waals surface area contributed by atoms with Crippen molar-refractivity contribution in [1.82, 2.24) is 10.2 Å². The maximum atomic E-state index is 8.80. The van der Waals surface area contributed by atoms with Crippen molar-refractivity contribution in [3.05, 3.63) is 53.9 Å². The standard InChI is InChI=1S/C18H16N4O3/c1-23-15-8-5-13(9-16(15)24-2)18-22-21-17(25-18)11-20-14-6-3-12(10-19)4-7-14/h3-9,20H,11H2,1-2H3. The molecule has 126 valence electrons. The molecule has 0 amide bonds. The first-order valence-corrected chi connectivity index (χ1v) is 7.52. The van der Waals surface area contributed by atoms with Crippen LogP contribution in [-0.4, -0.2) is 24.4 Å². The minimum absolute atomic E-state index is 0.381. The van der Waals surface area contributed by atoms with Crippen LogP contribution in [0.4, 0.5) is 5.69 Å². The summed E-state index contributed by atoms with van der Waals surface area (Å²) in [6, 6.07) is 14.6. The molecule has 0 bridgehead atoms. The predicted octanol–water partition coefficient (Wildman–Crippen LogP) is 3.24. The lowest BCUT2D eigenvalue weighted by molar-refractivity contribution is 0.355.